The van der Waals surface area contributed by atoms with E-state index in [2.05, 4.69) is 26.0 Å². The zero-order chi connectivity index (χ0) is 22.9. The van der Waals surface area contributed by atoms with Gasteiger partial charge in [-0.15, -0.1) is 0 Å². The van der Waals surface area contributed by atoms with E-state index in [4.69, 9.17) is 4.74 Å². The lowest BCUT2D eigenvalue weighted by molar-refractivity contribution is 0.168. The topological polar surface area (TPSA) is 9.23 Å². The molecule has 2 unspecified atom stereocenters. The summed E-state index contributed by atoms with van der Waals surface area (Å²) in [4.78, 5) is 0. The molecule has 4 rings (SSSR count). The van der Waals surface area contributed by atoms with Crippen LogP contribution in [-0.4, -0.2) is 13.2 Å². The largest absolute Gasteiger partial charge is 0.373 e. The molecule has 0 spiro atoms. The maximum absolute atomic E-state index is 6.18. The highest BCUT2D eigenvalue weighted by molar-refractivity contribution is 5.09. The first kappa shape index (κ1) is 25.5. The van der Waals surface area contributed by atoms with Gasteiger partial charge in [-0.3, -0.25) is 0 Å². The van der Waals surface area contributed by atoms with Crippen molar-refractivity contribution >= 4 is 0 Å². The van der Waals surface area contributed by atoms with Gasteiger partial charge in [-0.2, -0.15) is 0 Å². The number of rotatable bonds is 10. The van der Waals surface area contributed by atoms with Gasteiger partial charge in [-0.05, 0) is 98.0 Å². The second-order valence-electron chi connectivity index (χ2n) is 12.9. The molecule has 0 heterocycles. The zero-order valence-electron chi connectivity index (χ0n) is 22.2. The second-order valence-corrected chi connectivity index (χ2v) is 12.9. The van der Waals surface area contributed by atoms with Gasteiger partial charge in [-0.1, -0.05) is 90.2 Å². The first-order valence-corrected chi connectivity index (χ1v) is 15.1. The molecule has 0 aromatic carbocycles. The Morgan fingerprint density at radius 3 is 1.30 bits per heavy atom. The van der Waals surface area contributed by atoms with Crippen LogP contribution < -0.4 is 0 Å². The van der Waals surface area contributed by atoms with Gasteiger partial charge >= 0.3 is 0 Å². The molecule has 1 heteroatoms. The summed E-state index contributed by atoms with van der Waals surface area (Å²) in [6.07, 6.45) is 30.9. The molecule has 2 fully saturated rings. The minimum Gasteiger partial charge on any atom is -0.373 e. The summed E-state index contributed by atoms with van der Waals surface area (Å²) in [7, 11) is 0. The standard InChI is InChI=1S/C32H54O/c1-25-3-7-27(8-4-25)11-13-29-15-19-31(20-16-29)23-33-24-32-21-17-30(18-22-32)14-12-28-9-5-26(2)6-10-28/h19,21,25-30H,3-18,20,22-24H2,1-2H3. The fraction of sp³-hybridized carbons (Fsp3) is 0.875. The Balaban J connectivity index is 1.04. The SMILES string of the molecule is CC1CCC(CCC2CC=C(COCC3=CCC(CCC4CCC(C)CC4)CC3)CC2)CC1. The van der Waals surface area contributed by atoms with E-state index in [-0.39, 0.29) is 0 Å². The Kier molecular flexibility index (Phi) is 10.5. The predicted molar refractivity (Wildman–Crippen MR) is 142 cm³/mol. The minimum absolute atomic E-state index is 0.883. The lowest BCUT2D eigenvalue weighted by Gasteiger charge is -2.29. The minimum atomic E-state index is 0.883. The van der Waals surface area contributed by atoms with Crippen LogP contribution in [0.3, 0.4) is 0 Å². The Morgan fingerprint density at radius 1 is 0.545 bits per heavy atom. The number of allylic oxidation sites excluding steroid dienone is 2. The van der Waals surface area contributed by atoms with Crippen LogP contribution >= 0.6 is 0 Å². The Morgan fingerprint density at radius 2 is 0.939 bits per heavy atom. The van der Waals surface area contributed by atoms with Crippen molar-refractivity contribution in [1.82, 2.24) is 0 Å². The van der Waals surface area contributed by atoms with Crippen LogP contribution in [0.25, 0.3) is 0 Å². The zero-order valence-corrected chi connectivity index (χ0v) is 22.2. The van der Waals surface area contributed by atoms with Gasteiger partial charge in [0.2, 0.25) is 0 Å². The molecule has 4 aliphatic carbocycles. The summed E-state index contributed by atoms with van der Waals surface area (Å²) in [6, 6.07) is 0. The lowest BCUT2D eigenvalue weighted by atomic mass is 9.78. The molecule has 4 aliphatic rings. The molecule has 0 amide bonds. The molecule has 0 bridgehead atoms. The summed E-state index contributed by atoms with van der Waals surface area (Å²) >= 11 is 0. The fourth-order valence-corrected chi connectivity index (χ4v) is 7.16. The summed E-state index contributed by atoms with van der Waals surface area (Å²) in [5.41, 5.74) is 3.16. The van der Waals surface area contributed by atoms with E-state index in [1.807, 2.05) is 0 Å². The Labute approximate surface area is 206 Å². The number of ether oxygens (including phenoxy) is 1. The van der Waals surface area contributed by atoms with Crippen molar-refractivity contribution in [3.63, 3.8) is 0 Å². The Hall–Kier alpha value is -0.560. The van der Waals surface area contributed by atoms with Gasteiger partial charge in [0.15, 0.2) is 0 Å². The van der Waals surface area contributed by atoms with E-state index in [0.717, 1.165) is 48.7 Å². The normalized spacial score (nSPS) is 35.7. The smallest absolute Gasteiger partial charge is 0.0681 e. The summed E-state index contributed by atoms with van der Waals surface area (Å²) in [5, 5.41) is 0. The average molecular weight is 455 g/mol. The van der Waals surface area contributed by atoms with Crippen molar-refractivity contribution < 1.29 is 4.74 Å². The van der Waals surface area contributed by atoms with Crippen molar-refractivity contribution in [1.29, 1.82) is 0 Å². The van der Waals surface area contributed by atoms with Crippen molar-refractivity contribution in [2.75, 3.05) is 13.2 Å². The molecule has 0 saturated heterocycles. The third kappa shape index (κ3) is 8.87. The van der Waals surface area contributed by atoms with Crippen LogP contribution in [0.2, 0.25) is 0 Å². The highest BCUT2D eigenvalue weighted by Gasteiger charge is 2.22. The first-order valence-electron chi connectivity index (χ1n) is 15.1. The van der Waals surface area contributed by atoms with E-state index in [1.165, 1.54) is 116 Å². The van der Waals surface area contributed by atoms with Crippen LogP contribution in [0.5, 0.6) is 0 Å². The second kappa shape index (κ2) is 13.5. The lowest BCUT2D eigenvalue weighted by Crippen LogP contribution is -2.16. The summed E-state index contributed by atoms with van der Waals surface area (Å²) in [5.74, 6) is 5.94. The molecular weight excluding hydrogens is 400 g/mol. The molecular formula is C32H54O. The monoisotopic (exact) mass is 454 g/mol. The highest BCUT2D eigenvalue weighted by atomic mass is 16.5. The van der Waals surface area contributed by atoms with E-state index in [1.54, 1.807) is 11.1 Å². The van der Waals surface area contributed by atoms with E-state index in [9.17, 15) is 0 Å². The van der Waals surface area contributed by atoms with E-state index >= 15 is 0 Å². The van der Waals surface area contributed by atoms with Crippen LogP contribution in [0.15, 0.2) is 23.3 Å². The van der Waals surface area contributed by atoms with Gasteiger partial charge in [-0.25, -0.2) is 0 Å². The molecule has 1 nitrogen and oxygen atoms in total. The maximum Gasteiger partial charge on any atom is 0.0681 e. The molecule has 2 atom stereocenters. The van der Waals surface area contributed by atoms with Crippen molar-refractivity contribution in [3.05, 3.63) is 23.3 Å². The number of hydrogen-bond donors (Lipinski definition) is 0. The molecule has 33 heavy (non-hydrogen) atoms. The van der Waals surface area contributed by atoms with Crippen LogP contribution in [0, 0.1) is 35.5 Å². The van der Waals surface area contributed by atoms with E-state index < -0.39 is 0 Å². The van der Waals surface area contributed by atoms with Crippen molar-refractivity contribution in [2.45, 2.75) is 129 Å². The van der Waals surface area contributed by atoms with Crippen molar-refractivity contribution in [2.24, 2.45) is 35.5 Å². The van der Waals surface area contributed by atoms with Gasteiger partial charge in [0, 0.05) is 0 Å². The molecule has 188 valence electrons. The molecule has 0 aliphatic heterocycles. The summed E-state index contributed by atoms with van der Waals surface area (Å²) in [6.45, 7) is 6.64. The van der Waals surface area contributed by atoms with Crippen molar-refractivity contribution in [3.8, 4) is 0 Å². The summed E-state index contributed by atoms with van der Waals surface area (Å²) < 4.78 is 6.18. The van der Waals surface area contributed by atoms with Gasteiger partial charge < -0.3 is 4.74 Å². The van der Waals surface area contributed by atoms with Crippen LogP contribution in [0.4, 0.5) is 0 Å². The third-order valence-corrected chi connectivity index (χ3v) is 10.0. The molecule has 0 aromatic rings. The van der Waals surface area contributed by atoms with Gasteiger partial charge in [0.25, 0.3) is 0 Å². The highest BCUT2D eigenvalue weighted by Crippen LogP contribution is 2.36. The fourth-order valence-electron chi connectivity index (χ4n) is 7.16. The van der Waals surface area contributed by atoms with E-state index in [0.29, 0.717) is 0 Å². The third-order valence-electron chi connectivity index (χ3n) is 10.0. The van der Waals surface area contributed by atoms with Gasteiger partial charge in [0.1, 0.15) is 0 Å². The molecule has 2 saturated carbocycles. The maximum atomic E-state index is 6.18. The van der Waals surface area contributed by atoms with Crippen LogP contribution in [0.1, 0.15) is 129 Å². The predicted octanol–water partition coefficient (Wildman–Crippen LogP) is 9.67. The Bertz CT molecular complexity index is 560. The van der Waals surface area contributed by atoms with Crippen LogP contribution in [-0.2, 0) is 4.74 Å². The first-order chi connectivity index (χ1) is 16.1. The quantitative estimate of drug-likeness (QED) is 0.298. The molecule has 0 aromatic heterocycles. The molecule has 0 radical (unpaired) electrons. The number of hydrogen-bond acceptors (Lipinski definition) is 1. The van der Waals surface area contributed by atoms with Gasteiger partial charge in [0.05, 0.1) is 13.2 Å². The molecule has 0 N–H and O–H groups in total. The average Bonchev–Trinajstić information content (AvgIpc) is 2.85.